The van der Waals surface area contributed by atoms with Crippen LogP contribution in [0.25, 0.3) is 11.3 Å². The molecule has 10 nitrogen and oxygen atoms in total. The molecule has 0 aromatic carbocycles. The molecular weight excluding hydrogens is 587 g/mol. The summed E-state index contributed by atoms with van der Waals surface area (Å²) in [5, 5.41) is 12.6. The highest BCUT2D eigenvalue weighted by Crippen LogP contribution is 2.35. The Kier molecular flexibility index (Phi) is 9.72. The zero-order chi connectivity index (χ0) is 32.1. The van der Waals surface area contributed by atoms with Crippen molar-refractivity contribution in [3.8, 4) is 29.0 Å². The van der Waals surface area contributed by atoms with Gasteiger partial charge in [-0.2, -0.15) is 18.4 Å². The molecule has 3 aromatic rings. The number of hydrogen-bond donors (Lipinski definition) is 1. The van der Waals surface area contributed by atoms with Gasteiger partial charge in [0.2, 0.25) is 5.88 Å². The number of amides is 1. The quantitative estimate of drug-likeness (QED) is 0.348. The third kappa shape index (κ3) is 7.28. The molecule has 3 atom stereocenters. The summed E-state index contributed by atoms with van der Waals surface area (Å²) in [5.74, 6) is 0.188. The lowest BCUT2D eigenvalue weighted by Crippen LogP contribution is -2.47. The number of anilines is 1. The van der Waals surface area contributed by atoms with E-state index >= 15 is 0 Å². The monoisotopic (exact) mass is 623 g/mol. The van der Waals surface area contributed by atoms with E-state index in [1.807, 2.05) is 39.1 Å². The molecular formula is C32H36F3N7O3. The largest absolute Gasteiger partial charge is 0.487 e. The number of pyridine rings is 3. The summed E-state index contributed by atoms with van der Waals surface area (Å²) in [5.41, 5.74) is 0.678. The van der Waals surface area contributed by atoms with Gasteiger partial charge in [0.25, 0.3) is 5.91 Å². The molecule has 0 aliphatic carbocycles. The highest BCUT2D eigenvalue weighted by Gasteiger charge is 2.35. The second-order valence-electron chi connectivity index (χ2n) is 11.2. The van der Waals surface area contributed by atoms with Gasteiger partial charge >= 0.3 is 6.18 Å². The summed E-state index contributed by atoms with van der Waals surface area (Å²) in [6.45, 7) is 6.48. The highest BCUT2D eigenvalue weighted by molar-refractivity contribution is 5.99. The lowest BCUT2D eigenvalue weighted by molar-refractivity contribution is -0.141. The maximum Gasteiger partial charge on any atom is 0.433 e. The molecule has 238 valence electrons. The van der Waals surface area contributed by atoms with Crippen LogP contribution in [-0.4, -0.2) is 77.2 Å². The Morgan fingerprint density at radius 1 is 1.13 bits per heavy atom. The first-order valence-corrected chi connectivity index (χ1v) is 15.1. The fourth-order valence-corrected chi connectivity index (χ4v) is 5.93. The molecule has 2 aliphatic rings. The summed E-state index contributed by atoms with van der Waals surface area (Å²) >= 11 is 0. The van der Waals surface area contributed by atoms with E-state index in [0.29, 0.717) is 60.9 Å². The normalized spacial score (nSPS) is 20.5. The van der Waals surface area contributed by atoms with Crippen molar-refractivity contribution in [2.45, 2.75) is 63.9 Å². The molecule has 45 heavy (non-hydrogen) atoms. The van der Waals surface area contributed by atoms with Crippen molar-refractivity contribution < 1.29 is 27.4 Å². The number of nitrogens with zero attached hydrogens (tertiary/aromatic N) is 6. The Hall–Kier alpha value is -4.44. The summed E-state index contributed by atoms with van der Waals surface area (Å²) in [7, 11) is 2.02. The molecule has 0 saturated carbocycles. The van der Waals surface area contributed by atoms with Crippen LogP contribution in [0.5, 0.6) is 11.6 Å². The number of carbonyl (C=O) groups is 1. The Balaban J connectivity index is 1.42. The maximum atomic E-state index is 13.8. The van der Waals surface area contributed by atoms with E-state index in [9.17, 15) is 23.2 Å². The molecule has 0 radical (unpaired) electrons. The average Bonchev–Trinajstić information content (AvgIpc) is 3.44. The van der Waals surface area contributed by atoms with Crippen molar-refractivity contribution in [3.63, 3.8) is 0 Å². The predicted octanol–water partition coefficient (Wildman–Crippen LogP) is 5.09. The standard InChI is InChI=1S/C32H36F3N7O3/c1-4-21-17-22(45-27-10-11-28(32(33,34)35)39-25(27)18-36)13-16-42(21)26-9-8-24(23-7-6-14-37-31(23)44-5-2)40-29(26)30(43)38-20-12-15-41(3)19-20/h6-11,14,20-22H,4-5,12-13,15-17,19H2,1-3H3,(H,38,43)/t20-,21+,22+/m0/s1. The van der Waals surface area contributed by atoms with Crippen molar-refractivity contribution in [2.75, 3.05) is 38.2 Å². The Morgan fingerprint density at radius 2 is 1.96 bits per heavy atom. The van der Waals surface area contributed by atoms with E-state index in [0.717, 1.165) is 31.6 Å². The molecule has 1 amide bonds. The number of likely N-dealkylation sites (tertiary alicyclic amines) is 1. The van der Waals surface area contributed by atoms with Gasteiger partial charge in [-0.25, -0.2) is 15.0 Å². The minimum Gasteiger partial charge on any atom is -0.487 e. The number of carbonyl (C=O) groups excluding carboxylic acids is 1. The molecule has 2 fully saturated rings. The maximum absolute atomic E-state index is 13.8. The molecule has 5 heterocycles. The minimum atomic E-state index is -4.66. The van der Waals surface area contributed by atoms with Gasteiger partial charge in [-0.1, -0.05) is 6.92 Å². The number of rotatable bonds is 9. The first kappa shape index (κ1) is 32.0. The van der Waals surface area contributed by atoms with Crippen LogP contribution in [0.3, 0.4) is 0 Å². The van der Waals surface area contributed by atoms with E-state index in [4.69, 9.17) is 14.5 Å². The highest BCUT2D eigenvalue weighted by atomic mass is 19.4. The number of halogens is 3. The van der Waals surface area contributed by atoms with Crippen LogP contribution in [-0.2, 0) is 6.18 Å². The van der Waals surface area contributed by atoms with E-state index < -0.39 is 17.6 Å². The SMILES string of the molecule is CCOc1ncccc1-c1ccc(N2CC[C@@H](Oc3ccc(C(F)(F)F)nc3C#N)C[C@H]2CC)c(C(=O)N[C@H]2CCN(C)C2)n1. The smallest absolute Gasteiger partial charge is 0.433 e. The number of piperidine rings is 1. The number of nitriles is 1. The number of hydrogen-bond acceptors (Lipinski definition) is 9. The molecule has 1 N–H and O–H groups in total. The summed E-state index contributed by atoms with van der Waals surface area (Å²) in [4.78, 5) is 30.8. The van der Waals surface area contributed by atoms with Crippen LogP contribution in [0.2, 0.25) is 0 Å². The predicted molar refractivity (Wildman–Crippen MR) is 161 cm³/mol. The van der Waals surface area contributed by atoms with Crippen LogP contribution in [0.15, 0.2) is 42.6 Å². The molecule has 13 heteroatoms. The summed E-state index contributed by atoms with van der Waals surface area (Å²) < 4.78 is 51.2. The third-order valence-electron chi connectivity index (χ3n) is 8.14. The van der Waals surface area contributed by atoms with Crippen molar-refractivity contribution >= 4 is 11.6 Å². The molecule has 2 aliphatic heterocycles. The van der Waals surface area contributed by atoms with E-state index in [2.05, 4.69) is 25.1 Å². The second-order valence-corrected chi connectivity index (χ2v) is 11.2. The van der Waals surface area contributed by atoms with Gasteiger partial charge in [0.1, 0.15) is 17.9 Å². The molecule has 5 rings (SSSR count). The van der Waals surface area contributed by atoms with Gasteiger partial charge in [0, 0.05) is 44.2 Å². The van der Waals surface area contributed by atoms with Gasteiger partial charge < -0.3 is 24.6 Å². The van der Waals surface area contributed by atoms with Gasteiger partial charge in [0.15, 0.2) is 17.1 Å². The third-order valence-corrected chi connectivity index (χ3v) is 8.14. The number of nitrogens with one attached hydrogen (secondary N) is 1. The lowest BCUT2D eigenvalue weighted by atomic mass is 9.95. The van der Waals surface area contributed by atoms with Gasteiger partial charge in [-0.3, -0.25) is 4.79 Å². The Bertz CT molecular complexity index is 1560. The van der Waals surface area contributed by atoms with Crippen LogP contribution >= 0.6 is 0 Å². The first-order valence-electron chi connectivity index (χ1n) is 15.1. The fourth-order valence-electron chi connectivity index (χ4n) is 5.93. The molecule has 3 aromatic heterocycles. The average molecular weight is 624 g/mol. The number of likely N-dealkylation sites (N-methyl/N-ethyl adjacent to an activating group) is 1. The Morgan fingerprint density at radius 3 is 2.64 bits per heavy atom. The van der Waals surface area contributed by atoms with Crippen LogP contribution in [0, 0.1) is 11.3 Å². The van der Waals surface area contributed by atoms with Gasteiger partial charge in [-0.15, -0.1) is 0 Å². The molecule has 0 bridgehead atoms. The summed E-state index contributed by atoms with van der Waals surface area (Å²) in [6, 6.07) is 11.1. The molecule has 0 unspecified atom stereocenters. The number of ether oxygens (including phenoxy) is 2. The molecule has 0 spiro atoms. The van der Waals surface area contributed by atoms with E-state index in [1.54, 1.807) is 18.3 Å². The van der Waals surface area contributed by atoms with E-state index in [1.165, 1.54) is 0 Å². The minimum absolute atomic E-state index is 0.00552. The van der Waals surface area contributed by atoms with Crippen molar-refractivity contribution in [2.24, 2.45) is 0 Å². The van der Waals surface area contributed by atoms with Crippen LogP contribution in [0.4, 0.5) is 18.9 Å². The number of alkyl halides is 3. The van der Waals surface area contributed by atoms with Crippen LogP contribution in [0.1, 0.15) is 61.4 Å². The topological polar surface area (TPSA) is 116 Å². The van der Waals surface area contributed by atoms with Gasteiger partial charge in [0.05, 0.1) is 23.6 Å². The Labute approximate surface area is 260 Å². The van der Waals surface area contributed by atoms with Crippen molar-refractivity contribution in [3.05, 3.63) is 59.7 Å². The van der Waals surface area contributed by atoms with Gasteiger partial charge in [-0.05, 0) is 69.8 Å². The number of aromatic nitrogens is 3. The summed E-state index contributed by atoms with van der Waals surface area (Å²) in [6.07, 6.45) is -0.788. The van der Waals surface area contributed by atoms with E-state index in [-0.39, 0.29) is 29.8 Å². The second kappa shape index (κ2) is 13.7. The zero-order valence-electron chi connectivity index (χ0n) is 25.5. The van der Waals surface area contributed by atoms with Crippen LogP contribution < -0.4 is 19.7 Å². The van der Waals surface area contributed by atoms with Crippen molar-refractivity contribution in [1.29, 1.82) is 5.26 Å². The van der Waals surface area contributed by atoms with Crippen molar-refractivity contribution in [1.82, 2.24) is 25.2 Å². The zero-order valence-corrected chi connectivity index (χ0v) is 25.5. The molecule has 2 saturated heterocycles. The lowest BCUT2D eigenvalue weighted by Gasteiger charge is -2.41. The first-order chi connectivity index (χ1) is 21.6. The fraction of sp³-hybridized carbons (Fsp3) is 0.469.